The van der Waals surface area contributed by atoms with Gasteiger partial charge in [0.1, 0.15) is 0 Å². The van der Waals surface area contributed by atoms with Crippen LogP contribution in [0.2, 0.25) is 0 Å². The third-order valence-corrected chi connectivity index (χ3v) is 2.86. The van der Waals surface area contributed by atoms with E-state index in [-0.39, 0.29) is 0 Å². The predicted octanol–water partition coefficient (Wildman–Crippen LogP) is 3.20. The highest BCUT2D eigenvalue weighted by molar-refractivity contribution is 4.92. The molecule has 2 unspecified atom stereocenters. The number of hydrogen-bond acceptors (Lipinski definition) is 1. The van der Waals surface area contributed by atoms with Crippen LogP contribution in [0.5, 0.6) is 0 Å². The summed E-state index contributed by atoms with van der Waals surface area (Å²) in [6.07, 6.45) is 5.50. The summed E-state index contributed by atoms with van der Waals surface area (Å²) in [5.41, 5.74) is 0.488. The average Bonchev–Trinajstić information content (AvgIpc) is 2.66. The van der Waals surface area contributed by atoms with Gasteiger partial charge in [-0.25, -0.2) is 0 Å². The third-order valence-electron chi connectivity index (χ3n) is 2.86. The molecule has 0 radical (unpaired) electrons. The second-order valence-electron chi connectivity index (χ2n) is 5.66. The molecular formula is C12H25N. The second-order valence-corrected chi connectivity index (χ2v) is 5.66. The van der Waals surface area contributed by atoms with Gasteiger partial charge in [0, 0.05) is 6.04 Å². The summed E-state index contributed by atoms with van der Waals surface area (Å²) in [4.78, 5) is 0. The molecule has 13 heavy (non-hydrogen) atoms. The van der Waals surface area contributed by atoms with Crippen LogP contribution in [0.1, 0.15) is 53.4 Å². The van der Waals surface area contributed by atoms with Crippen LogP contribution in [0.25, 0.3) is 0 Å². The van der Waals surface area contributed by atoms with Gasteiger partial charge in [0.25, 0.3) is 0 Å². The molecular weight excluding hydrogens is 158 g/mol. The largest absolute Gasteiger partial charge is 0.314 e. The summed E-state index contributed by atoms with van der Waals surface area (Å²) in [5, 5.41) is 3.65. The molecule has 0 saturated heterocycles. The Morgan fingerprint density at radius 3 is 2.54 bits per heavy atom. The van der Waals surface area contributed by atoms with Crippen molar-refractivity contribution in [1.82, 2.24) is 5.32 Å². The zero-order valence-corrected chi connectivity index (χ0v) is 9.69. The molecule has 1 N–H and O–H groups in total. The second kappa shape index (κ2) is 4.45. The van der Waals surface area contributed by atoms with Crippen molar-refractivity contribution in [2.24, 2.45) is 11.3 Å². The molecule has 0 aromatic heterocycles. The first kappa shape index (κ1) is 11.0. The highest BCUT2D eigenvalue weighted by Crippen LogP contribution is 2.34. The fourth-order valence-corrected chi connectivity index (χ4v) is 1.82. The van der Waals surface area contributed by atoms with Crippen LogP contribution >= 0.6 is 0 Å². The average molecular weight is 183 g/mol. The van der Waals surface area contributed by atoms with Gasteiger partial charge in [-0.1, -0.05) is 34.1 Å². The van der Waals surface area contributed by atoms with Crippen LogP contribution in [0.4, 0.5) is 0 Å². The molecule has 1 aliphatic carbocycles. The van der Waals surface area contributed by atoms with E-state index in [4.69, 9.17) is 0 Å². The Hall–Kier alpha value is -0.0400. The fraction of sp³-hybridized carbons (Fsp3) is 1.00. The molecule has 2 atom stereocenters. The monoisotopic (exact) mass is 183 g/mol. The van der Waals surface area contributed by atoms with Crippen molar-refractivity contribution < 1.29 is 0 Å². The molecule has 0 spiro atoms. The maximum atomic E-state index is 3.65. The van der Waals surface area contributed by atoms with E-state index in [9.17, 15) is 0 Å². The van der Waals surface area contributed by atoms with E-state index >= 15 is 0 Å². The first-order valence-corrected chi connectivity index (χ1v) is 5.76. The molecule has 0 aliphatic heterocycles. The molecule has 1 aliphatic rings. The minimum atomic E-state index is 0.488. The van der Waals surface area contributed by atoms with Crippen molar-refractivity contribution in [2.45, 2.75) is 59.4 Å². The van der Waals surface area contributed by atoms with Crippen LogP contribution in [-0.2, 0) is 0 Å². The molecule has 78 valence electrons. The fourth-order valence-electron chi connectivity index (χ4n) is 1.82. The van der Waals surface area contributed by atoms with Gasteiger partial charge in [-0.2, -0.15) is 0 Å². The molecule has 0 bridgehead atoms. The van der Waals surface area contributed by atoms with E-state index in [0.717, 1.165) is 12.0 Å². The van der Waals surface area contributed by atoms with Gasteiger partial charge in [0.15, 0.2) is 0 Å². The molecule has 0 heterocycles. The maximum Gasteiger partial charge on any atom is 0.00991 e. The molecule has 1 heteroatoms. The number of hydrogen-bond donors (Lipinski definition) is 1. The lowest BCUT2D eigenvalue weighted by Crippen LogP contribution is -2.23. The SMILES string of the molecule is CCCC1CC1NCCC(C)(C)C. The van der Waals surface area contributed by atoms with Gasteiger partial charge in [-0.15, -0.1) is 0 Å². The molecule has 0 aromatic carbocycles. The number of rotatable bonds is 5. The predicted molar refractivity (Wildman–Crippen MR) is 58.9 cm³/mol. The Bertz CT molecular complexity index is 146. The molecule has 1 saturated carbocycles. The lowest BCUT2D eigenvalue weighted by molar-refractivity contribution is 0.364. The molecule has 0 aromatic rings. The van der Waals surface area contributed by atoms with Crippen molar-refractivity contribution in [3.63, 3.8) is 0 Å². The van der Waals surface area contributed by atoms with Gasteiger partial charge >= 0.3 is 0 Å². The summed E-state index contributed by atoms with van der Waals surface area (Å²) in [6.45, 7) is 10.4. The zero-order valence-electron chi connectivity index (χ0n) is 9.69. The van der Waals surface area contributed by atoms with E-state index < -0.39 is 0 Å². The summed E-state index contributed by atoms with van der Waals surface area (Å²) in [6, 6.07) is 0.863. The molecule has 0 amide bonds. The summed E-state index contributed by atoms with van der Waals surface area (Å²) in [7, 11) is 0. The Morgan fingerprint density at radius 2 is 2.00 bits per heavy atom. The number of nitrogens with one attached hydrogen (secondary N) is 1. The summed E-state index contributed by atoms with van der Waals surface area (Å²) < 4.78 is 0. The van der Waals surface area contributed by atoms with Gasteiger partial charge in [0.05, 0.1) is 0 Å². The molecule has 1 fully saturated rings. The van der Waals surface area contributed by atoms with Crippen molar-refractivity contribution in [3.05, 3.63) is 0 Å². The van der Waals surface area contributed by atoms with Crippen LogP contribution in [0, 0.1) is 11.3 Å². The van der Waals surface area contributed by atoms with E-state index in [1.165, 1.54) is 32.2 Å². The smallest absolute Gasteiger partial charge is 0.00991 e. The summed E-state index contributed by atoms with van der Waals surface area (Å²) in [5.74, 6) is 1.00. The Kier molecular flexibility index (Phi) is 3.78. The van der Waals surface area contributed by atoms with Crippen LogP contribution in [-0.4, -0.2) is 12.6 Å². The minimum absolute atomic E-state index is 0.488. The minimum Gasteiger partial charge on any atom is -0.314 e. The van der Waals surface area contributed by atoms with Crippen molar-refractivity contribution in [3.8, 4) is 0 Å². The van der Waals surface area contributed by atoms with Gasteiger partial charge in [-0.05, 0) is 37.1 Å². The zero-order chi connectivity index (χ0) is 9.90. The highest BCUT2D eigenvalue weighted by Gasteiger charge is 2.35. The lowest BCUT2D eigenvalue weighted by Gasteiger charge is -2.18. The van der Waals surface area contributed by atoms with E-state index in [1.54, 1.807) is 0 Å². The lowest BCUT2D eigenvalue weighted by atomic mass is 9.92. The first-order valence-electron chi connectivity index (χ1n) is 5.76. The Labute approximate surface area is 83.3 Å². The van der Waals surface area contributed by atoms with Gasteiger partial charge < -0.3 is 5.32 Å². The first-order chi connectivity index (χ1) is 6.03. The van der Waals surface area contributed by atoms with Gasteiger partial charge in [0.2, 0.25) is 0 Å². The maximum absolute atomic E-state index is 3.65. The quantitative estimate of drug-likeness (QED) is 0.690. The topological polar surface area (TPSA) is 12.0 Å². The van der Waals surface area contributed by atoms with Crippen molar-refractivity contribution in [1.29, 1.82) is 0 Å². The normalized spacial score (nSPS) is 27.7. The van der Waals surface area contributed by atoms with Crippen molar-refractivity contribution >= 4 is 0 Å². The Morgan fingerprint density at radius 1 is 1.31 bits per heavy atom. The van der Waals surface area contributed by atoms with Crippen molar-refractivity contribution in [2.75, 3.05) is 6.54 Å². The molecule has 1 nitrogen and oxygen atoms in total. The summed E-state index contributed by atoms with van der Waals surface area (Å²) >= 11 is 0. The van der Waals surface area contributed by atoms with Crippen LogP contribution in [0.15, 0.2) is 0 Å². The highest BCUT2D eigenvalue weighted by atomic mass is 15.0. The van der Waals surface area contributed by atoms with Crippen LogP contribution < -0.4 is 5.32 Å². The Balaban J connectivity index is 1.97. The third kappa shape index (κ3) is 4.66. The van der Waals surface area contributed by atoms with E-state index in [1.807, 2.05) is 0 Å². The van der Waals surface area contributed by atoms with E-state index in [2.05, 4.69) is 33.0 Å². The standard InChI is InChI=1S/C12H25N/c1-5-6-10-9-11(10)13-8-7-12(2,3)4/h10-11,13H,5-9H2,1-4H3. The van der Waals surface area contributed by atoms with Crippen LogP contribution in [0.3, 0.4) is 0 Å². The van der Waals surface area contributed by atoms with E-state index in [0.29, 0.717) is 5.41 Å². The molecule has 1 rings (SSSR count). The van der Waals surface area contributed by atoms with Gasteiger partial charge in [-0.3, -0.25) is 0 Å².